The number of hydrogen-bond acceptors (Lipinski definition) is 3. The lowest BCUT2D eigenvalue weighted by atomic mass is 9.97. The molecule has 0 heterocycles. The van der Waals surface area contributed by atoms with Crippen LogP contribution in [0.5, 0.6) is 5.75 Å². The van der Waals surface area contributed by atoms with Crippen molar-refractivity contribution in [3.05, 3.63) is 102 Å². The molecule has 28 heavy (non-hydrogen) atoms. The van der Waals surface area contributed by atoms with E-state index in [4.69, 9.17) is 4.74 Å². The normalized spacial score (nSPS) is 11.5. The van der Waals surface area contributed by atoms with Gasteiger partial charge in [0.15, 0.2) is 5.78 Å². The molecule has 4 nitrogen and oxygen atoms in total. The summed E-state index contributed by atoms with van der Waals surface area (Å²) in [6.45, 7) is 0. The van der Waals surface area contributed by atoms with Crippen LogP contribution in [0.2, 0.25) is 0 Å². The van der Waals surface area contributed by atoms with Gasteiger partial charge in [-0.3, -0.25) is 9.59 Å². The standard InChI is InChI=1S/C24H23NO3/c1-28-23-15-9-8-14-20(23)17-22(26)21(16-18-10-4-2-5-11-18)25-24(27)19-12-6-3-7-13-19/h2-15,21H,16-17H2,1H3,(H,25,27). The molecule has 0 aromatic heterocycles. The Hall–Kier alpha value is -3.40. The van der Waals surface area contributed by atoms with Crippen LogP contribution in [-0.2, 0) is 17.6 Å². The van der Waals surface area contributed by atoms with Crippen LogP contribution in [0.1, 0.15) is 21.5 Å². The number of ether oxygens (including phenoxy) is 1. The molecule has 0 aliphatic rings. The van der Waals surface area contributed by atoms with Crippen molar-refractivity contribution in [1.29, 1.82) is 0 Å². The number of nitrogens with one attached hydrogen (secondary N) is 1. The van der Waals surface area contributed by atoms with E-state index in [1.807, 2.05) is 60.7 Å². The number of para-hydroxylation sites is 1. The minimum atomic E-state index is -0.625. The highest BCUT2D eigenvalue weighted by molar-refractivity contribution is 5.98. The number of rotatable bonds is 8. The molecule has 0 aliphatic heterocycles. The molecule has 0 fully saturated rings. The van der Waals surface area contributed by atoms with Crippen LogP contribution in [0, 0.1) is 0 Å². The summed E-state index contributed by atoms with van der Waals surface area (Å²) in [5.74, 6) is 0.358. The van der Waals surface area contributed by atoms with Gasteiger partial charge in [0.25, 0.3) is 5.91 Å². The summed E-state index contributed by atoms with van der Waals surface area (Å²) in [6.07, 6.45) is 0.629. The molecular weight excluding hydrogens is 350 g/mol. The van der Waals surface area contributed by atoms with Crippen LogP contribution in [0.4, 0.5) is 0 Å². The van der Waals surface area contributed by atoms with Crippen molar-refractivity contribution in [2.45, 2.75) is 18.9 Å². The lowest BCUT2D eigenvalue weighted by Crippen LogP contribution is -2.43. The molecular formula is C24H23NO3. The quantitative estimate of drug-likeness (QED) is 0.653. The van der Waals surface area contributed by atoms with Crippen LogP contribution in [0.15, 0.2) is 84.9 Å². The third-order valence-electron chi connectivity index (χ3n) is 4.57. The highest BCUT2D eigenvalue weighted by atomic mass is 16.5. The summed E-state index contributed by atoms with van der Waals surface area (Å²) in [6, 6.07) is 25.4. The fourth-order valence-electron chi connectivity index (χ4n) is 3.09. The molecule has 1 N–H and O–H groups in total. The van der Waals surface area contributed by atoms with E-state index >= 15 is 0 Å². The molecule has 142 valence electrons. The molecule has 0 aliphatic carbocycles. The summed E-state index contributed by atoms with van der Waals surface area (Å²) in [7, 11) is 1.59. The SMILES string of the molecule is COc1ccccc1CC(=O)C(Cc1ccccc1)NC(=O)c1ccccc1. The maximum atomic E-state index is 13.1. The molecule has 3 aromatic rings. The van der Waals surface area contributed by atoms with Crippen molar-refractivity contribution in [2.24, 2.45) is 0 Å². The van der Waals surface area contributed by atoms with Gasteiger partial charge in [-0.05, 0) is 30.2 Å². The number of carbonyl (C=O) groups excluding carboxylic acids is 2. The third kappa shape index (κ3) is 5.07. The lowest BCUT2D eigenvalue weighted by Gasteiger charge is -2.19. The van der Waals surface area contributed by atoms with Gasteiger partial charge in [0.05, 0.1) is 13.2 Å². The molecule has 0 saturated carbocycles. The van der Waals surface area contributed by atoms with E-state index in [2.05, 4.69) is 5.32 Å². The van der Waals surface area contributed by atoms with Crippen LogP contribution in [0.3, 0.4) is 0 Å². The highest BCUT2D eigenvalue weighted by Crippen LogP contribution is 2.19. The smallest absolute Gasteiger partial charge is 0.251 e. The van der Waals surface area contributed by atoms with Gasteiger partial charge < -0.3 is 10.1 Å². The van der Waals surface area contributed by atoms with Crippen LogP contribution in [-0.4, -0.2) is 24.8 Å². The first-order valence-electron chi connectivity index (χ1n) is 9.22. The van der Waals surface area contributed by atoms with Crippen molar-refractivity contribution in [3.8, 4) is 5.75 Å². The summed E-state index contributed by atoms with van der Waals surface area (Å²) < 4.78 is 5.36. The largest absolute Gasteiger partial charge is 0.496 e. The number of amides is 1. The second-order valence-electron chi connectivity index (χ2n) is 6.54. The highest BCUT2D eigenvalue weighted by Gasteiger charge is 2.23. The van der Waals surface area contributed by atoms with E-state index in [1.54, 1.807) is 31.4 Å². The number of hydrogen-bond donors (Lipinski definition) is 1. The molecule has 4 heteroatoms. The van der Waals surface area contributed by atoms with Crippen molar-refractivity contribution in [2.75, 3.05) is 7.11 Å². The van der Waals surface area contributed by atoms with Gasteiger partial charge in [-0.15, -0.1) is 0 Å². The molecule has 0 saturated heterocycles. The Bertz CT molecular complexity index is 923. The average molecular weight is 373 g/mol. The summed E-state index contributed by atoms with van der Waals surface area (Å²) in [5.41, 5.74) is 2.34. The van der Waals surface area contributed by atoms with Gasteiger partial charge in [-0.2, -0.15) is 0 Å². The van der Waals surface area contributed by atoms with E-state index in [-0.39, 0.29) is 18.1 Å². The topological polar surface area (TPSA) is 55.4 Å². The first kappa shape index (κ1) is 19.4. The van der Waals surface area contributed by atoms with Crippen molar-refractivity contribution in [3.63, 3.8) is 0 Å². The van der Waals surface area contributed by atoms with Crippen molar-refractivity contribution in [1.82, 2.24) is 5.32 Å². The van der Waals surface area contributed by atoms with E-state index in [9.17, 15) is 9.59 Å². The molecule has 0 bridgehead atoms. The molecule has 1 unspecified atom stereocenters. The predicted octanol–water partition coefficient (Wildman–Crippen LogP) is 3.85. The number of benzene rings is 3. The second kappa shape index (κ2) is 9.51. The number of methoxy groups -OCH3 is 1. The summed E-state index contributed by atoms with van der Waals surface area (Å²) in [4.78, 5) is 25.7. The maximum absolute atomic E-state index is 13.1. The third-order valence-corrected chi connectivity index (χ3v) is 4.57. The van der Waals surface area contributed by atoms with Crippen LogP contribution >= 0.6 is 0 Å². The van der Waals surface area contributed by atoms with Gasteiger partial charge >= 0.3 is 0 Å². The fourth-order valence-corrected chi connectivity index (χ4v) is 3.09. The van der Waals surface area contributed by atoms with Gasteiger partial charge in [0.1, 0.15) is 5.75 Å². The maximum Gasteiger partial charge on any atom is 0.251 e. The molecule has 0 spiro atoms. The zero-order valence-electron chi connectivity index (χ0n) is 15.8. The Morgan fingerprint density at radius 1 is 0.857 bits per heavy atom. The summed E-state index contributed by atoms with van der Waals surface area (Å²) >= 11 is 0. The van der Waals surface area contributed by atoms with Crippen LogP contribution < -0.4 is 10.1 Å². The zero-order valence-corrected chi connectivity index (χ0v) is 15.8. The second-order valence-corrected chi connectivity index (χ2v) is 6.54. The number of ketones is 1. The number of Topliss-reactive ketones (excluding diaryl/α,β-unsaturated/α-hetero) is 1. The van der Waals surface area contributed by atoms with Gasteiger partial charge in [0, 0.05) is 17.5 Å². The molecule has 3 aromatic carbocycles. The van der Waals surface area contributed by atoms with E-state index in [0.29, 0.717) is 17.7 Å². The van der Waals surface area contributed by atoms with Crippen molar-refractivity contribution >= 4 is 11.7 Å². The Morgan fingerprint density at radius 3 is 2.14 bits per heavy atom. The summed E-state index contributed by atoms with van der Waals surface area (Å²) in [5, 5.41) is 2.91. The van der Waals surface area contributed by atoms with Gasteiger partial charge in [-0.25, -0.2) is 0 Å². The fraction of sp³-hybridized carbons (Fsp3) is 0.167. The van der Waals surface area contributed by atoms with Crippen LogP contribution in [0.25, 0.3) is 0 Å². The van der Waals surface area contributed by atoms with Gasteiger partial charge in [0.2, 0.25) is 0 Å². The average Bonchev–Trinajstić information content (AvgIpc) is 2.75. The Balaban J connectivity index is 1.80. The molecule has 1 atom stereocenters. The molecule has 1 amide bonds. The van der Waals surface area contributed by atoms with Gasteiger partial charge in [-0.1, -0.05) is 66.7 Å². The first-order valence-corrected chi connectivity index (χ1v) is 9.22. The monoisotopic (exact) mass is 373 g/mol. The minimum absolute atomic E-state index is 0.0577. The Morgan fingerprint density at radius 2 is 1.46 bits per heavy atom. The van der Waals surface area contributed by atoms with E-state index in [1.165, 1.54) is 0 Å². The Labute approximate surface area is 165 Å². The van der Waals surface area contributed by atoms with Crippen molar-refractivity contribution < 1.29 is 14.3 Å². The molecule has 0 radical (unpaired) electrons. The minimum Gasteiger partial charge on any atom is -0.496 e. The van der Waals surface area contributed by atoms with E-state index in [0.717, 1.165) is 11.1 Å². The lowest BCUT2D eigenvalue weighted by molar-refractivity contribution is -0.120. The van der Waals surface area contributed by atoms with E-state index < -0.39 is 6.04 Å². The molecule has 3 rings (SSSR count). The zero-order chi connectivity index (χ0) is 19.8. The number of carbonyl (C=O) groups is 2. The first-order chi connectivity index (χ1) is 13.7. The Kier molecular flexibility index (Phi) is 6.58. The predicted molar refractivity (Wildman–Crippen MR) is 110 cm³/mol.